The Bertz CT molecular complexity index is 808. The molecule has 0 unspecified atom stereocenters. The Hall–Kier alpha value is -2.46. The molecule has 7 heteroatoms. The molecule has 142 valence electrons. The fourth-order valence-electron chi connectivity index (χ4n) is 4.28. The SMILES string of the molecule is CCn1c(CN2CCCC2)nnc1C1CCN(c2cc(C#N)ccn2)CC1. The molecule has 2 aromatic heterocycles. The van der Waals surface area contributed by atoms with Gasteiger partial charge in [-0.1, -0.05) is 0 Å². The van der Waals surface area contributed by atoms with Crippen molar-refractivity contribution in [1.82, 2.24) is 24.6 Å². The molecule has 2 aliphatic heterocycles. The molecule has 0 spiro atoms. The summed E-state index contributed by atoms with van der Waals surface area (Å²) in [6, 6.07) is 5.83. The van der Waals surface area contributed by atoms with Gasteiger partial charge in [0.2, 0.25) is 0 Å². The summed E-state index contributed by atoms with van der Waals surface area (Å²) in [4.78, 5) is 9.20. The van der Waals surface area contributed by atoms with Crippen LogP contribution >= 0.6 is 0 Å². The van der Waals surface area contributed by atoms with E-state index in [1.54, 1.807) is 12.3 Å². The first kappa shape index (κ1) is 17.9. The van der Waals surface area contributed by atoms with E-state index in [0.717, 1.165) is 56.5 Å². The molecule has 0 aliphatic carbocycles. The number of hydrogen-bond donors (Lipinski definition) is 0. The summed E-state index contributed by atoms with van der Waals surface area (Å²) in [6.45, 7) is 8.27. The fraction of sp³-hybridized carbons (Fsp3) is 0.600. The first-order valence-corrected chi connectivity index (χ1v) is 10.0. The van der Waals surface area contributed by atoms with Crippen LogP contribution in [0.1, 0.15) is 55.7 Å². The standard InChI is InChI=1S/C20H27N7/c1-2-27-19(15-25-9-3-4-10-25)23-24-20(27)17-6-11-26(12-7-17)18-13-16(14-21)5-8-22-18/h5,8,13,17H,2-4,6-7,9-12,15H2,1H3. The van der Waals surface area contributed by atoms with E-state index in [1.807, 2.05) is 6.07 Å². The number of nitrogens with zero attached hydrogens (tertiary/aromatic N) is 7. The van der Waals surface area contributed by atoms with E-state index in [2.05, 4.69) is 42.5 Å². The Labute approximate surface area is 160 Å². The maximum Gasteiger partial charge on any atom is 0.147 e. The maximum atomic E-state index is 9.10. The van der Waals surface area contributed by atoms with Crippen LogP contribution in [0.5, 0.6) is 0 Å². The Morgan fingerprint density at radius 1 is 1.15 bits per heavy atom. The molecule has 4 rings (SSSR count). The minimum Gasteiger partial charge on any atom is -0.357 e. The third-order valence-electron chi connectivity index (χ3n) is 5.79. The van der Waals surface area contributed by atoms with Gasteiger partial charge in [0.25, 0.3) is 0 Å². The van der Waals surface area contributed by atoms with Gasteiger partial charge in [-0.25, -0.2) is 4.98 Å². The van der Waals surface area contributed by atoms with Crippen LogP contribution in [-0.2, 0) is 13.1 Å². The van der Waals surface area contributed by atoms with Gasteiger partial charge in [0.1, 0.15) is 17.5 Å². The molecule has 0 N–H and O–H groups in total. The van der Waals surface area contributed by atoms with Crippen molar-refractivity contribution in [2.45, 2.75) is 51.6 Å². The molecular formula is C20H27N7. The Kier molecular flexibility index (Phi) is 5.35. The lowest BCUT2D eigenvalue weighted by Crippen LogP contribution is -2.34. The molecule has 0 bridgehead atoms. The van der Waals surface area contributed by atoms with Gasteiger partial charge in [0.15, 0.2) is 0 Å². The largest absolute Gasteiger partial charge is 0.357 e. The molecule has 2 saturated heterocycles. The molecule has 2 aromatic rings. The fourth-order valence-corrected chi connectivity index (χ4v) is 4.28. The molecule has 2 aliphatic rings. The summed E-state index contributed by atoms with van der Waals surface area (Å²) >= 11 is 0. The van der Waals surface area contributed by atoms with Gasteiger partial charge in [0, 0.05) is 31.7 Å². The van der Waals surface area contributed by atoms with E-state index in [0.29, 0.717) is 11.5 Å². The lowest BCUT2D eigenvalue weighted by molar-refractivity contribution is 0.315. The minimum atomic E-state index is 0.445. The first-order valence-electron chi connectivity index (χ1n) is 10.0. The summed E-state index contributed by atoms with van der Waals surface area (Å²) < 4.78 is 2.33. The molecule has 0 atom stereocenters. The third-order valence-corrected chi connectivity index (χ3v) is 5.79. The predicted molar refractivity (Wildman–Crippen MR) is 103 cm³/mol. The number of likely N-dealkylation sites (tertiary alicyclic amines) is 1. The van der Waals surface area contributed by atoms with Crippen molar-refractivity contribution in [3.8, 4) is 6.07 Å². The van der Waals surface area contributed by atoms with E-state index in [4.69, 9.17) is 5.26 Å². The van der Waals surface area contributed by atoms with Crippen LogP contribution < -0.4 is 4.90 Å². The van der Waals surface area contributed by atoms with Gasteiger partial charge in [-0.05, 0) is 57.8 Å². The van der Waals surface area contributed by atoms with Crippen molar-refractivity contribution >= 4 is 5.82 Å². The van der Waals surface area contributed by atoms with E-state index in [1.165, 1.54) is 25.9 Å². The molecule has 4 heterocycles. The number of piperidine rings is 1. The van der Waals surface area contributed by atoms with Crippen molar-refractivity contribution in [2.75, 3.05) is 31.1 Å². The Morgan fingerprint density at radius 2 is 1.93 bits per heavy atom. The zero-order valence-corrected chi connectivity index (χ0v) is 16.0. The van der Waals surface area contributed by atoms with E-state index >= 15 is 0 Å². The van der Waals surface area contributed by atoms with E-state index < -0.39 is 0 Å². The second-order valence-corrected chi connectivity index (χ2v) is 7.48. The predicted octanol–water partition coefficient (Wildman–Crippen LogP) is 2.54. The average molecular weight is 365 g/mol. The molecule has 2 fully saturated rings. The molecule has 0 saturated carbocycles. The maximum absolute atomic E-state index is 9.10. The summed E-state index contributed by atoms with van der Waals surface area (Å²) in [6.07, 6.45) is 6.40. The van der Waals surface area contributed by atoms with Crippen LogP contribution in [0.2, 0.25) is 0 Å². The van der Waals surface area contributed by atoms with Crippen LogP contribution in [0, 0.1) is 11.3 Å². The van der Waals surface area contributed by atoms with Crippen LogP contribution in [0.25, 0.3) is 0 Å². The molecule has 0 aromatic carbocycles. The van der Waals surface area contributed by atoms with Crippen molar-refractivity contribution in [3.63, 3.8) is 0 Å². The van der Waals surface area contributed by atoms with Gasteiger partial charge in [-0.3, -0.25) is 4.90 Å². The lowest BCUT2D eigenvalue weighted by atomic mass is 9.95. The van der Waals surface area contributed by atoms with Crippen LogP contribution in [0.15, 0.2) is 18.3 Å². The highest BCUT2D eigenvalue weighted by molar-refractivity contribution is 5.45. The molecular weight excluding hydrogens is 338 g/mol. The minimum absolute atomic E-state index is 0.445. The van der Waals surface area contributed by atoms with Gasteiger partial charge in [-0.2, -0.15) is 5.26 Å². The molecule has 0 radical (unpaired) electrons. The first-order chi connectivity index (χ1) is 13.3. The van der Waals surface area contributed by atoms with Crippen molar-refractivity contribution in [3.05, 3.63) is 35.5 Å². The summed E-state index contributed by atoms with van der Waals surface area (Å²) in [5.41, 5.74) is 0.666. The monoisotopic (exact) mass is 365 g/mol. The second kappa shape index (κ2) is 8.05. The smallest absolute Gasteiger partial charge is 0.147 e. The van der Waals surface area contributed by atoms with Gasteiger partial charge >= 0.3 is 0 Å². The van der Waals surface area contributed by atoms with Crippen molar-refractivity contribution < 1.29 is 0 Å². The number of anilines is 1. The highest BCUT2D eigenvalue weighted by Crippen LogP contribution is 2.29. The normalized spacial score (nSPS) is 18.7. The lowest BCUT2D eigenvalue weighted by Gasteiger charge is -2.32. The number of rotatable bonds is 5. The van der Waals surface area contributed by atoms with Crippen molar-refractivity contribution in [2.24, 2.45) is 0 Å². The molecule has 0 amide bonds. The Morgan fingerprint density at radius 3 is 2.63 bits per heavy atom. The summed E-state index contributed by atoms with van der Waals surface area (Å²) in [7, 11) is 0. The number of hydrogen-bond acceptors (Lipinski definition) is 6. The van der Waals surface area contributed by atoms with Crippen LogP contribution in [-0.4, -0.2) is 50.8 Å². The highest BCUT2D eigenvalue weighted by atomic mass is 15.3. The third kappa shape index (κ3) is 3.81. The van der Waals surface area contributed by atoms with Crippen LogP contribution in [0.3, 0.4) is 0 Å². The number of nitriles is 1. The summed E-state index contributed by atoms with van der Waals surface area (Å²) in [5.74, 6) is 3.60. The zero-order chi connectivity index (χ0) is 18.6. The van der Waals surface area contributed by atoms with E-state index in [-0.39, 0.29) is 0 Å². The van der Waals surface area contributed by atoms with Gasteiger partial charge in [0.05, 0.1) is 18.2 Å². The Balaban J connectivity index is 1.43. The van der Waals surface area contributed by atoms with Crippen molar-refractivity contribution in [1.29, 1.82) is 5.26 Å². The van der Waals surface area contributed by atoms with Gasteiger partial charge < -0.3 is 9.47 Å². The number of pyridine rings is 1. The molecule has 27 heavy (non-hydrogen) atoms. The van der Waals surface area contributed by atoms with E-state index in [9.17, 15) is 0 Å². The number of aromatic nitrogens is 4. The second-order valence-electron chi connectivity index (χ2n) is 7.48. The van der Waals surface area contributed by atoms with Crippen LogP contribution in [0.4, 0.5) is 5.82 Å². The highest BCUT2D eigenvalue weighted by Gasteiger charge is 2.27. The van der Waals surface area contributed by atoms with Gasteiger partial charge in [-0.15, -0.1) is 10.2 Å². The average Bonchev–Trinajstić information content (AvgIpc) is 3.38. The zero-order valence-electron chi connectivity index (χ0n) is 16.0. The topological polar surface area (TPSA) is 73.9 Å². The quantitative estimate of drug-likeness (QED) is 0.811. The summed E-state index contributed by atoms with van der Waals surface area (Å²) in [5, 5.41) is 18.2. The molecule has 7 nitrogen and oxygen atoms in total.